The maximum absolute atomic E-state index is 13.0. The van der Waals surface area contributed by atoms with Crippen LogP contribution in [0.25, 0.3) is 5.65 Å². The van der Waals surface area contributed by atoms with E-state index in [1.165, 1.54) is 0 Å². The molecule has 0 spiro atoms. The molecule has 0 aliphatic rings. The molecule has 7 heteroatoms. The third kappa shape index (κ3) is 5.26. The average molecular weight is 457 g/mol. The van der Waals surface area contributed by atoms with Crippen LogP contribution in [0.4, 0.5) is 11.4 Å². The maximum atomic E-state index is 13.0. The van der Waals surface area contributed by atoms with E-state index in [-0.39, 0.29) is 18.4 Å². The second-order valence-corrected chi connectivity index (χ2v) is 9.18. The zero-order chi connectivity index (χ0) is 24.3. The molecular weight excluding hydrogens is 428 g/mol. The number of fused-ring (bicyclic) bond motifs is 1. The Morgan fingerprint density at radius 2 is 1.71 bits per heavy atom. The first-order valence-electron chi connectivity index (χ1n) is 11.1. The third-order valence-corrected chi connectivity index (χ3v) is 5.29. The Morgan fingerprint density at radius 1 is 0.971 bits per heavy atom. The number of carbonyl (C=O) groups is 2. The average Bonchev–Trinajstić information content (AvgIpc) is 3.22. The Hall–Kier alpha value is -4.13. The number of amides is 2. The number of hydrogen-bond donors (Lipinski definition) is 2. The molecule has 2 heterocycles. The number of hydrogen-bond acceptors (Lipinski definition) is 4. The number of carbonyl (C=O) groups excluding carboxylic acids is 2. The lowest BCUT2D eigenvalue weighted by atomic mass is 9.95. The minimum absolute atomic E-state index is 0.100. The molecule has 2 aromatic carbocycles. The van der Waals surface area contributed by atoms with Crippen LogP contribution in [0.2, 0.25) is 0 Å². The van der Waals surface area contributed by atoms with Gasteiger partial charge in [-0.1, -0.05) is 45.0 Å². The molecule has 0 atom stereocenters. The van der Waals surface area contributed by atoms with E-state index in [4.69, 9.17) is 4.74 Å². The van der Waals surface area contributed by atoms with Gasteiger partial charge in [0.15, 0.2) is 0 Å². The van der Waals surface area contributed by atoms with E-state index in [0.717, 1.165) is 16.9 Å². The number of aromatic nitrogens is 2. The minimum Gasteiger partial charge on any atom is -0.486 e. The Kier molecular flexibility index (Phi) is 6.36. The van der Waals surface area contributed by atoms with E-state index >= 15 is 0 Å². The summed E-state index contributed by atoms with van der Waals surface area (Å²) in [5.41, 5.74) is 3.81. The van der Waals surface area contributed by atoms with E-state index in [1.54, 1.807) is 42.5 Å². The van der Waals surface area contributed by atoms with Gasteiger partial charge in [0.25, 0.3) is 5.91 Å². The van der Waals surface area contributed by atoms with Crippen LogP contribution in [0.15, 0.2) is 73.1 Å². The van der Waals surface area contributed by atoms with E-state index in [0.29, 0.717) is 22.7 Å². The van der Waals surface area contributed by atoms with Crippen LogP contribution in [0.5, 0.6) is 5.75 Å². The van der Waals surface area contributed by atoms with Crippen molar-refractivity contribution in [3.05, 3.63) is 89.9 Å². The van der Waals surface area contributed by atoms with Crippen LogP contribution < -0.4 is 15.4 Å². The number of ether oxygens (including phenoxy) is 1. The number of aryl methyl sites for hydroxylation is 1. The summed E-state index contributed by atoms with van der Waals surface area (Å²) < 4.78 is 7.93. The van der Waals surface area contributed by atoms with E-state index in [1.807, 2.05) is 62.7 Å². The fourth-order valence-corrected chi connectivity index (χ4v) is 3.40. The maximum Gasteiger partial charge on any atom is 0.259 e. The molecule has 0 aliphatic heterocycles. The molecule has 174 valence electrons. The zero-order valence-electron chi connectivity index (χ0n) is 19.8. The molecule has 0 fully saturated rings. The molecule has 7 nitrogen and oxygen atoms in total. The van der Waals surface area contributed by atoms with Crippen LogP contribution in [-0.2, 0) is 11.4 Å². The number of imidazole rings is 1. The quantitative estimate of drug-likeness (QED) is 0.404. The molecule has 0 unspecified atom stereocenters. The van der Waals surface area contributed by atoms with E-state index in [2.05, 4.69) is 15.6 Å². The van der Waals surface area contributed by atoms with Crippen LogP contribution >= 0.6 is 0 Å². The van der Waals surface area contributed by atoms with Crippen molar-refractivity contribution in [3.63, 3.8) is 0 Å². The first kappa shape index (κ1) is 23.0. The Morgan fingerprint density at radius 3 is 2.44 bits per heavy atom. The number of para-hydroxylation sites is 1. The molecule has 4 rings (SSSR count). The molecule has 0 radical (unpaired) electrons. The summed E-state index contributed by atoms with van der Waals surface area (Å²) in [5, 5.41) is 5.76. The number of anilines is 2. The van der Waals surface area contributed by atoms with Crippen LogP contribution in [-0.4, -0.2) is 21.2 Å². The fraction of sp³-hybridized carbons (Fsp3) is 0.222. The molecule has 34 heavy (non-hydrogen) atoms. The van der Waals surface area contributed by atoms with Gasteiger partial charge in [-0.15, -0.1) is 0 Å². The molecule has 2 N–H and O–H groups in total. The van der Waals surface area contributed by atoms with Gasteiger partial charge in [-0.05, 0) is 48.9 Å². The molecule has 2 amide bonds. The number of rotatable bonds is 6. The fourth-order valence-electron chi connectivity index (χ4n) is 3.40. The van der Waals surface area contributed by atoms with Gasteiger partial charge in [0.2, 0.25) is 5.91 Å². The lowest BCUT2D eigenvalue weighted by molar-refractivity contribution is -0.123. The van der Waals surface area contributed by atoms with Crippen molar-refractivity contribution in [1.29, 1.82) is 0 Å². The largest absolute Gasteiger partial charge is 0.486 e. The number of nitrogens with one attached hydrogen (secondary N) is 2. The first-order chi connectivity index (χ1) is 16.2. The summed E-state index contributed by atoms with van der Waals surface area (Å²) in [7, 11) is 0. The Labute approximate surface area is 198 Å². The second kappa shape index (κ2) is 9.39. The highest BCUT2D eigenvalue weighted by Crippen LogP contribution is 2.23. The smallest absolute Gasteiger partial charge is 0.259 e. The summed E-state index contributed by atoms with van der Waals surface area (Å²) in [5.74, 6) is 0.0589. The van der Waals surface area contributed by atoms with Crippen LogP contribution in [0.3, 0.4) is 0 Å². The third-order valence-electron chi connectivity index (χ3n) is 5.29. The van der Waals surface area contributed by atoms with Gasteiger partial charge in [-0.2, -0.15) is 0 Å². The number of benzene rings is 2. The predicted molar refractivity (Wildman–Crippen MR) is 133 cm³/mol. The van der Waals surface area contributed by atoms with Gasteiger partial charge < -0.3 is 19.8 Å². The lowest BCUT2D eigenvalue weighted by Crippen LogP contribution is -2.27. The monoisotopic (exact) mass is 456 g/mol. The standard InChI is InChI=1S/C27H28N4O3/c1-18-9-8-14-31-16-21(28-24(18)31)17-34-23-13-6-5-12-22(23)25(32)29-19-10-7-11-20(15-19)30-26(33)27(2,3)4/h5-16H,17H2,1-4H3,(H,29,32)(H,30,33). The Balaban J connectivity index is 1.47. The van der Waals surface area contributed by atoms with Crippen molar-refractivity contribution in [2.24, 2.45) is 5.41 Å². The summed E-state index contributed by atoms with van der Waals surface area (Å²) in [6.45, 7) is 7.78. The van der Waals surface area contributed by atoms with Gasteiger partial charge in [0, 0.05) is 29.2 Å². The van der Waals surface area contributed by atoms with Crippen LogP contribution in [0.1, 0.15) is 42.4 Å². The van der Waals surface area contributed by atoms with Crippen molar-refractivity contribution in [3.8, 4) is 5.75 Å². The molecule has 0 saturated carbocycles. The SMILES string of the molecule is Cc1cccn2cc(COc3ccccc3C(=O)Nc3cccc(NC(=O)C(C)(C)C)c3)nc12. The highest BCUT2D eigenvalue weighted by Gasteiger charge is 2.21. The minimum atomic E-state index is -0.519. The van der Waals surface area contributed by atoms with Crippen molar-refractivity contribution < 1.29 is 14.3 Å². The predicted octanol–water partition coefficient (Wildman–Crippen LogP) is 5.46. The first-order valence-corrected chi connectivity index (χ1v) is 11.1. The molecule has 0 aliphatic carbocycles. The number of pyridine rings is 1. The highest BCUT2D eigenvalue weighted by molar-refractivity contribution is 6.06. The molecule has 4 aromatic rings. The van der Waals surface area contributed by atoms with E-state index < -0.39 is 5.41 Å². The van der Waals surface area contributed by atoms with Crippen molar-refractivity contribution in [2.75, 3.05) is 10.6 Å². The van der Waals surface area contributed by atoms with E-state index in [9.17, 15) is 9.59 Å². The second-order valence-electron chi connectivity index (χ2n) is 9.18. The lowest BCUT2D eigenvalue weighted by Gasteiger charge is -2.18. The highest BCUT2D eigenvalue weighted by atomic mass is 16.5. The summed E-state index contributed by atoms with van der Waals surface area (Å²) in [6, 6.07) is 18.1. The molecule has 2 aromatic heterocycles. The zero-order valence-corrected chi connectivity index (χ0v) is 19.8. The summed E-state index contributed by atoms with van der Waals surface area (Å²) >= 11 is 0. The van der Waals surface area contributed by atoms with Gasteiger partial charge in [0.1, 0.15) is 18.0 Å². The molecule has 0 bridgehead atoms. The van der Waals surface area contributed by atoms with Crippen molar-refractivity contribution in [2.45, 2.75) is 34.3 Å². The molecular formula is C27H28N4O3. The summed E-state index contributed by atoms with van der Waals surface area (Å²) in [6.07, 6.45) is 3.86. The Bertz CT molecular complexity index is 1350. The van der Waals surface area contributed by atoms with Gasteiger partial charge in [-0.25, -0.2) is 4.98 Å². The summed E-state index contributed by atoms with van der Waals surface area (Å²) in [4.78, 5) is 29.9. The van der Waals surface area contributed by atoms with Gasteiger partial charge in [0.05, 0.1) is 11.3 Å². The van der Waals surface area contributed by atoms with Gasteiger partial charge in [-0.3, -0.25) is 9.59 Å². The van der Waals surface area contributed by atoms with Crippen molar-refractivity contribution >= 4 is 28.8 Å². The van der Waals surface area contributed by atoms with Crippen molar-refractivity contribution in [1.82, 2.24) is 9.38 Å². The van der Waals surface area contributed by atoms with Gasteiger partial charge >= 0.3 is 0 Å². The van der Waals surface area contributed by atoms with Crippen LogP contribution in [0, 0.1) is 12.3 Å². The number of nitrogens with zero attached hydrogens (tertiary/aromatic N) is 2. The normalized spacial score (nSPS) is 11.3. The topological polar surface area (TPSA) is 84.7 Å². The molecule has 0 saturated heterocycles.